The van der Waals surface area contributed by atoms with E-state index in [0.29, 0.717) is 12.0 Å². The summed E-state index contributed by atoms with van der Waals surface area (Å²) >= 11 is 0. The minimum absolute atomic E-state index is 0.0856. The molecular formula is C14H27NO2. The first-order valence-corrected chi connectivity index (χ1v) is 6.95. The van der Waals surface area contributed by atoms with Gasteiger partial charge in [0.05, 0.1) is 12.7 Å². The molecule has 0 amide bonds. The third-order valence-corrected chi connectivity index (χ3v) is 4.67. The van der Waals surface area contributed by atoms with E-state index in [1.807, 2.05) is 0 Å². The van der Waals surface area contributed by atoms with Crippen molar-refractivity contribution >= 4 is 0 Å². The first-order valence-electron chi connectivity index (χ1n) is 6.95. The second-order valence-electron chi connectivity index (χ2n) is 6.50. The monoisotopic (exact) mass is 241 g/mol. The molecule has 1 heterocycles. The van der Waals surface area contributed by atoms with Gasteiger partial charge in [-0.05, 0) is 37.1 Å². The molecule has 0 bridgehead atoms. The third kappa shape index (κ3) is 2.83. The van der Waals surface area contributed by atoms with Crippen molar-refractivity contribution in [2.24, 2.45) is 11.3 Å². The van der Waals surface area contributed by atoms with Gasteiger partial charge in [0, 0.05) is 19.7 Å². The second-order valence-corrected chi connectivity index (χ2v) is 6.50. The van der Waals surface area contributed by atoms with Gasteiger partial charge in [-0.1, -0.05) is 20.3 Å². The highest BCUT2D eigenvalue weighted by Gasteiger charge is 2.42. The summed E-state index contributed by atoms with van der Waals surface area (Å²) in [5, 5.41) is 10.5. The Morgan fingerprint density at radius 3 is 2.82 bits per heavy atom. The van der Waals surface area contributed by atoms with Gasteiger partial charge in [-0.3, -0.25) is 4.90 Å². The van der Waals surface area contributed by atoms with Gasteiger partial charge < -0.3 is 9.84 Å². The van der Waals surface area contributed by atoms with Crippen LogP contribution in [0, 0.1) is 11.3 Å². The summed E-state index contributed by atoms with van der Waals surface area (Å²) in [5.74, 6) is 0.664. The molecule has 0 radical (unpaired) electrons. The van der Waals surface area contributed by atoms with Crippen molar-refractivity contribution in [3.8, 4) is 0 Å². The van der Waals surface area contributed by atoms with E-state index >= 15 is 0 Å². The Morgan fingerprint density at radius 2 is 2.12 bits per heavy atom. The molecule has 1 aliphatic heterocycles. The summed E-state index contributed by atoms with van der Waals surface area (Å²) in [6, 6.07) is 0.376. The summed E-state index contributed by atoms with van der Waals surface area (Å²) in [6.07, 6.45) is 4.61. The zero-order valence-corrected chi connectivity index (χ0v) is 11.5. The average molecular weight is 241 g/mol. The largest absolute Gasteiger partial charge is 0.391 e. The number of hydrogen-bond acceptors (Lipinski definition) is 3. The fourth-order valence-corrected chi connectivity index (χ4v) is 3.51. The van der Waals surface area contributed by atoms with Crippen LogP contribution in [0.5, 0.6) is 0 Å². The lowest BCUT2D eigenvalue weighted by molar-refractivity contribution is -0.0525. The van der Waals surface area contributed by atoms with E-state index in [4.69, 9.17) is 4.74 Å². The molecule has 0 aromatic heterocycles. The molecule has 3 heteroatoms. The van der Waals surface area contributed by atoms with Crippen molar-refractivity contribution in [3.05, 3.63) is 0 Å². The minimum Gasteiger partial charge on any atom is -0.391 e. The van der Waals surface area contributed by atoms with Crippen molar-refractivity contribution in [3.63, 3.8) is 0 Å². The molecule has 17 heavy (non-hydrogen) atoms. The molecule has 1 aliphatic carbocycles. The normalized spacial score (nSPS) is 38.5. The lowest BCUT2D eigenvalue weighted by Gasteiger charge is -2.44. The lowest BCUT2D eigenvalue weighted by Crippen LogP contribution is -2.51. The Balaban J connectivity index is 1.94. The molecule has 0 aromatic carbocycles. The van der Waals surface area contributed by atoms with Gasteiger partial charge in [0.2, 0.25) is 0 Å². The second kappa shape index (κ2) is 5.25. The molecule has 3 atom stereocenters. The van der Waals surface area contributed by atoms with Gasteiger partial charge in [-0.2, -0.15) is 0 Å². The summed E-state index contributed by atoms with van der Waals surface area (Å²) < 4.78 is 5.24. The van der Waals surface area contributed by atoms with Crippen molar-refractivity contribution in [2.45, 2.75) is 51.7 Å². The number of likely N-dealkylation sites (tertiary alicyclic amines) is 1. The van der Waals surface area contributed by atoms with E-state index in [-0.39, 0.29) is 11.5 Å². The van der Waals surface area contributed by atoms with Crippen LogP contribution in [0.2, 0.25) is 0 Å². The van der Waals surface area contributed by atoms with Crippen molar-refractivity contribution in [2.75, 3.05) is 26.8 Å². The van der Waals surface area contributed by atoms with Crippen LogP contribution in [0.15, 0.2) is 0 Å². The molecule has 2 rings (SSSR count). The third-order valence-electron chi connectivity index (χ3n) is 4.67. The Kier molecular flexibility index (Phi) is 4.11. The van der Waals surface area contributed by atoms with Crippen LogP contribution in [-0.2, 0) is 4.74 Å². The fraction of sp³-hybridized carbons (Fsp3) is 1.00. The standard InChI is InChI=1S/C14H27NO2/c1-14(2)7-4-5-12(13(14)16)15-8-6-11(9-15)10-17-3/h11-13,16H,4-10H2,1-3H3. The number of aliphatic hydroxyl groups excluding tert-OH is 1. The predicted molar refractivity (Wildman–Crippen MR) is 69.0 cm³/mol. The summed E-state index contributed by atoms with van der Waals surface area (Å²) in [6.45, 7) is 7.50. The molecule has 2 fully saturated rings. The van der Waals surface area contributed by atoms with Gasteiger partial charge in [0.15, 0.2) is 0 Å². The summed E-state index contributed by atoms with van der Waals surface area (Å²) in [5.41, 5.74) is 0.0856. The molecule has 2 aliphatic rings. The predicted octanol–water partition coefficient (Wildman–Crippen LogP) is 1.89. The number of ether oxygens (including phenoxy) is 1. The van der Waals surface area contributed by atoms with Crippen LogP contribution in [0.25, 0.3) is 0 Å². The highest BCUT2D eigenvalue weighted by atomic mass is 16.5. The highest BCUT2D eigenvalue weighted by Crippen LogP contribution is 2.39. The number of hydrogen-bond donors (Lipinski definition) is 1. The quantitative estimate of drug-likeness (QED) is 0.819. The SMILES string of the molecule is COCC1CCN(C2CCCC(C)(C)C2O)C1. The minimum atomic E-state index is -0.169. The van der Waals surface area contributed by atoms with E-state index in [1.54, 1.807) is 7.11 Å². The highest BCUT2D eigenvalue weighted by molar-refractivity contribution is 4.95. The van der Waals surface area contributed by atoms with E-state index in [2.05, 4.69) is 18.7 Å². The number of aliphatic hydroxyl groups is 1. The molecule has 3 unspecified atom stereocenters. The molecule has 1 saturated carbocycles. The van der Waals surface area contributed by atoms with Crippen LogP contribution in [0.3, 0.4) is 0 Å². The van der Waals surface area contributed by atoms with E-state index < -0.39 is 0 Å². The maximum atomic E-state index is 10.5. The Morgan fingerprint density at radius 1 is 1.35 bits per heavy atom. The first-order chi connectivity index (χ1) is 8.04. The van der Waals surface area contributed by atoms with Crippen LogP contribution in [-0.4, -0.2) is 49.0 Å². The maximum Gasteiger partial charge on any atom is 0.0746 e. The van der Waals surface area contributed by atoms with Crippen molar-refractivity contribution in [1.82, 2.24) is 4.90 Å². The zero-order chi connectivity index (χ0) is 12.5. The molecule has 0 spiro atoms. The maximum absolute atomic E-state index is 10.5. The van der Waals surface area contributed by atoms with Crippen molar-refractivity contribution < 1.29 is 9.84 Å². The van der Waals surface area contributed by atoms with Gasteiger partial charge in [0.25, 0.3) is 0 Å². The number of methoxy groups -OCH3 is 1. The number of rotatable bonds is 3. The zero-order valence-electron chi connectivity index (χ0n) is 11.5. The van der Waals surface area contributed by atoms with Crippen LogP contribution < -0.4 is 0 Å². The van der Waals surface area contributed by atoms with Gasteiger partial charge in [0.1, 0.15) is 0 Å². The smallest absolute Gasteiger partial charge is 0.0746 e. The Hall–Kier alpha value is -0.120. The number of nitrogens with zero attached hydrogens (tertiary/aromatic N) is 1. The van der Waals surface area contributed by atoms with Crippen LogP contribution >= 0.6 is 0 Å². The van der Waals surface area contributed by atoms with E-state index in [1.165, 1.54) is 12.8 Å². The Labute approximate surface area is 105 Å². The van der Waals surface area contributed by atoms with Crippen molar-refractivity contribution in [1.29, 1.82) is 0 Å². The Bertz CT molecular complexity index is 255. The van der Waals surface area contributed by atoms with E-state index in [0.717, 1.165) is 32.5 Å². The summed E-state index contributed by atoms with van der Waals surface area (Å²) in [7, 11) is 1.78. The molecular weight excluding hydrogens is 214 g/mol. The van der Waals surface area contributed by atoms with Crippen LogP contribution in [0.1, 0.15) is 39.5 Å². The van der Waals surface area contributed by atoms with Gasteiger partial charge in [-0.25, -0.2) is 0 Å². The molecule has 100 valence electrons. The topological polar surface area (TPSA) is 32.7 Å². The van der Waals surface area contributed by atoms with E-state index in [9.17, 15) is 5.11 Å². The molecule has 3 nitrogen and oxygen atoms in total. The van der Waals surface area contributed by atoms with Crippen LogP contribution in [0.4, 0.5) is 0 Å². The molecule has 1 saturated heterocycles. The fourth-order valence-electron chi connectivity index (χ4n) is 3.51. The molecule has 0 aromatic rings. The van der Waals surface area contributed by atoms with Gasteiger partial charge >= 0.3 is 0 Å². The van der Waals surface area contributed by atoms with Gasteiger partial charge in [-0.15, -0.1) is 0 Å². The molecule has 1 N–H and O–H groups in total. The first kappa shape index (κ1) is 13.3. The lowest BCUT2D eigenvalue weighted by atomic mass is 9.72. The average Bonchev–Trinajstić information content (AvgIpc) is 2.71. The summed E-state index contributed by atoms with van der Waals surface area (Å²) in [4.78, 5) is 2.50.